The van der Waals surface area contributed by atoms with Gasteiger partial charge in [0.05, 0.1) is 34.5 Å². The number of aryl methyl sites for hydroxylation is 2. The Morgan fingerprint density at radius 3 is 2.52 bits per heavy atom. The third kappa shape index (κ3) is 4.30. The number of hydrogen-bond acceptors (Lipinski definition) is 6. The van der Waals surface area contributed by atoms with Crippen LogP contribution in [0.25, 0.3) is 0 Å². The molecule has 0 aliphatic carbocycles. The quantitative estimate of drug-likeness (QED) is 0.472. The molecule has 0 unspecified atom stereocenters. The first-order valence-corrected chi connectivity index (χ1v) is 8.78. The summed E-state index contributed by atoms with van der Waals surface area (Å²) < 4.78 is 12.3. The van der Waals surface area contributed by atoms with E-state index >= 15 is 0 Å². The first-order chi connectivity index (χ1) is 13.8. The zero-order valence-electron chi connectivity index (χ0n) is 15.8. The minimum atomic E-state index is -0.577. The number of aromatic nitrogens is 2. The molecule has 1 amide bonds. The van der Waals surface area contributed by atoms with Gasteiger partial charge in [-0.3, -0.25) is 19.6 Å². The van der Waals surface area contributed by atoms with Crippen LogP contribution >= 0.6 is 11.6 Å². The first-order valence-electron chi connectivity index (χ1n) is 8.41. The summed E-state index contributed by atoms with van der Waals surface area (Å²) in [6.07, 6.45) is 0. The maximum absolute atomic E-state index is 12.6. The van der Waals surface area contributed by atoms with Gasteiger partial charge in [-0.2, -0.15) is 5.10 Å². The molecule has 2 aromatic carbocycles. The molecule has 1 aromatic heterocycles. The van der Waals surface area contributed by atoms with E-state index in [4.69, 9.17) is 21.1 Å². The number of nitrogens with zero attached hydrogens (tertiary/aromatic N) is 3. The normalized spacial score (nSPS) is 10.5. The number of non-ortho nitro benzene ring substituents is 1. The maximum Gasteiger partial charge on any atom is 0.275 e. The van der Waals surface area contributed by atoms with E-state index in [0.29, 0.717) is 17.2 Å². The van der Waals surface area contributed by atoms with Crippen molar-refractivity contribution >= 4 is 28.9 Å². The van der Waals surface area contributed by atoms with Gasteiger partial charge in [-0.05, 0) is 19.1 Å². The van der Waals surface area contributed by atoms with Crippen molar-refractivity contribution in [2.45, 2.75) is 6.92 Å². The molecule has 0 saturated carbocycles. The zero-order chi connectivity index (χ0) is 21.1. The van der Waals surface area contributed by atoms with Crippen molar-refractivity contribution < 1.29 is 19.2 Å². The Hall–Kier alpha value is -3.59. The van der Waals surface area contributed by atoms with Crippen LogP contribution in [0.1, 0.15) is 16.2 Å². The summed E-state index contributed by atoms with van der Waals surface area (Å²) in [7, 11) is 3.07. The number of nitro benzene ring substituents is 1. The predicted octanol–water partition coefficient (Wildman–Crippen LogP) is 4.34. The van der Waals surface area contributed by atoms with Crippen LogP contribution in [0.4, 0.5) is 11.4 Å². The average Bonchev–Trinajstić information content (AvgIpc) is 2.93. The van der Waals surface area contributed by atoms with Gasteiger partial charge < -0.3 is 14.8 Å². The van der Waals surface area contributed by atoms with Crippen molar-refractivity contribution in [2.24, 2.45) is 7.05 Å². The number of methoxy groups -OCH3 is 1. The predicted molar refractivity (Wildman–Crippen MR) is 107 cm³/mol. The molecule has 0 aliphatic rings. The minimum Gasteiger partial charge on any atom is -0.493 e. The summed E-state index contributed by atoms with van der Waals surface area (Å²) in [5.74, 6) is 0.438. The number of rotatable bonds is 6. The van der Waals surface area contributed by atoms with Crippen LogP contribution in [0.15, 0.2) is 42.5 Å². The lowest BCUT2D eigenvalue weighted by Gasteiger charge is -2.12. The van der Waals surface area contributed by atoms with Gasteiger partial charge >= 0.3 is 0 Å². The molecule has 29 heavy (non-hydrogen) atoms. The summed E-state index contributed by atoms with van der Waals surface area (Å²) in [4.78, 5) is 23.4. The lowest BCUT2D eigenvalue weighted by molar-refractivity contribution is -0.384. The number of para-hydroxylation sites is 2. The highest BCUT2D eigenvalue weighted by atomic mass is 35.5. The van der Waals surface area contributed by atoms with E-state index in [1.165, 1.54) is 30.0 Å². The molecule has 0 atom stereocenters. The van der Waals surface area contributed by atoms with Crippen LogP contribution in [0.5, 0.6) is 17.2 Å². The minimum absolute atomic E-state index is 0.142. The van der Waals surface area contributed by atoms with Crippen molar-refractivity contribution in [2.75, 3.05) is 12.4 Å². The number of carbonyl (C=O) groups is 1. The standard InChI is InChI=1S/C19H17ClN4O5/c1-11-17(20)18(23(2)22-11)19(25)21-12-8-13(24(26)27)10-14(9-12)29-16-7-5-4-6-15(16)28-3/h4-10H,1-3H3,(H,21,25). The third-order valence-electron chi connectivity index (χ3n) is 4.02. The Bertz CT molecular complexity index is 1100. The molecule has 150 valence electrons. The monoisotopic (exact) mass is 416 g/mol. The molecule has 1 heterocycles. The van der Waals surface area contributed by atoms with Gasteiger partial charge in [-0.1, -0.05) is 23.7 Å². The number of nitrogens with one attached hydrogen (secondary N) is 1. The summed E-state index contributed by atoms with van der Waals surface area (Å²) in [5, 5.41) is 18.2. The zero-order valence-corrected chi connectivity index (χ0v) is 16.6. The molecule has 1 N–H and O–H groups in total. The second kappa shape index (κ2) is 8.19. The molecule has 0 bridgehead atoms. The van der Waals surface area contributed by atoms with E-state index < -0.39 is 10.8 Å². The van der Waals surface area contributed by atoms with Crippen molar-refractivity contribution in [1.82, 2.24) is 9.78 Å². The Labute approximate surface area is 171 Å². The molecule has 9 nitrogen and oxygen atoms in total. The maximum atomic E-state index is 12.6. The van der Waals surface area contributed by atoms with Gasteiger partial charge in [0.25, 0.3) is 11.6 Å². The number of carbonyl (C=O) groups excluding carboxylic acids is 1. The third-order valence-corrected chi connectivity index (χ3v) is 4.47. The second-order valence-corrected chi connectivity index (χ2v) is 6.43. The molecule has 0 saturated heterocycles. The smallest absolute Gasteiger partial charge is 0.275 e. The molecule has 10 heteroatoms. The Kier molecular flexibility index (Phi) is 5.69. The Morgan fingerprint density at radius 1 is 1.24 bits per heavy atom. The molecule has 0 spiro atoms. The lowest BCUT2D eigenvalue weighted by Crippen LogP contribution is -2.16. The molecular weight excluding hydrogens is 400 g/mol. The van der Waals surface area contributed by atoms with Gasteiger partial charge in [0.2, 0.25) is 0 Å². The molecule has 3 aromatic rings. The van der Waals surface area contributed by atoms with Crippen LogP contribution in [0.2, 0.25) is 5.02 Å². The summed E-state index contributed by atoms with van der Waals surface area (Å²) in [6.45, 7) is 1.67. The van der Waals surface area contributed by atoms with Crippen LogP contribution < -0.4 is 14.8 Å². The highest BCUT2D eigenvalue weighted by molar-refractivity contribution is 6.34. The van der Waals surface area contributed by atoms with Gasteiger partial charge in [-0.25, -0.2) is 0 Å². The fourth-order valence-corrected chi connectivity index (χ4v) is 2.97. The largest absolute Gasteiger partial charge is 0.493 e. The fraction of sp³-hybridized carbons (Fsp3) is 0.158. The number of halogens is 1. The summed E-state index contributed by atoms with van der Waals surface area (Å²) in [5.41, 5.74) is 0.561. The van der Waals surface area contributed by atoms with E-state index in [1.807, 2.05) is 0 Å². The molecule has 3 rings (SSSR count). The van der Waals surface area contributed by atoms with Crippen LogP contribution in [-0.2, 0) is 7.05 Å². The SMILES string of the molecule is COc1ccccc1Oc1cc(NC(=O)c2c(Cl)c(C)nn2C)cc([N+](=O)[O-])c1. The molecular formula is C19H17ClN4O5. The first kappa shape index (κ1) is 20.2. The highest BCUT2D eigenvalue weighted by Gasteiger charge is 2.20. The molecule has 0 radical (unpaired) electrons. The van der Waals surface area contributed by atoms with Crippen molar-refractivity contribution in [3.05, 3.63) is 69.0 Å². The number of ether oxygens (including phenoxy) is 2. The summed E-state index contributed by atoms with van der Waals surface area (Å²) in [6, 6.07) is 10.8. The summed E-state index contributed by atoms with van der Waals surface area (Å²) >= 11 is 6.14. The number of hydrogen-bond donors (Lipinski definition) is 1. The van der Waals surface area contributed by atoms with Crippen LogP contribution in [0, 0.1) is 17.0 Å². The molecule has 0 aliphatic heterocycles. The van der Waals surface area contributed by atoms with E-state index in [2.05, 4.69) is 10.4 Å². The van der Waals surface area contributed by atoms with Crippen LogP contribution in [0.3, 0.4) is 0 Å². The molecule has 0 fully saturated rings. The van der Waals surface area contributed by atoms with Crippen molar-refractivity contribution in [1.29, 1.82) is 0 Å². The number of nitro groups is 1. The van der Waals surface area contributed by atoms with Crippen molar-refractivity contribution in [3.8, 4) is 17.2 Å². The lowest BCUT2D eigenvalue weighted by atomic mass is 10.2. The number of anilines is 1. The van der Waals surface area contributed by atoms with E-state index in [0.717, 1.165) is 0 Å². The number of benzene rings is 2. The van der Waals surface area contributed by atoms with Gasteiger partial charge in [0.15, 0.2) is 11.5 Å². The topological polar surface area (TPSA) is 109 Å². The highest BCUT2D eigenvalue weighted by Crippen LogP contribution is 2.34. The van der Waals surface area contributed by atoms with E-state index in [9.17, 15) is 14.9 Å². The van der Waals surface area contributed by atoms with Gasteiger partial charge in [0.1, 0.15) is 11.4 Å². The van der Waals surface area contributed by atoms with Crippen molar-refractivity contribution in [3.63, 3.8) is 0 Å². The van der Waals surface area contributed by atoms with Gasteiger partial charge in [-0.15, -0.1) is 0 Å². The average molecular weight is 417 g/mol. The fourth-order valence-electron chi connectivity index (χ4n) is 2.72. The Balaban J connectivity index is 1.95. The Morgan fingerprint density at radius 2 is 1.93 bits per heavy atom. The number of amides is 1. The second-order valence-electron chi connectivity index (χ2n) is 6.05. The van der Waals surface area contributed by atoms with Crippen LogP contribution in [-0.4, -0.2) is 27.7 Å². The van der Waals surface area contributed by atoms with E-state index in [-0.39, 0.29) is 27.8 Å². The van der Waals surface area contributed by atoms with E-state index in [1.54, 1.807) is 38.2 Å². The van der Waals surface area contributed by atoms with Gasteiger partial charge in [0, 0.05) is 19.2 Å².